The number of likely N-dealkylation sites (N-methyl/N-ethyl adjacent to an activating group) is 1. The normalized spacial score (nSPS) is 18.9. The van der Waals surface area contributed by atoms with Crippen LogP contribution in [-0.4, -0.2) is 49.4 Å². The first-order chi connectivity index (χ1) is 9.69. The molecule has 2 heterocycles. The predicted octanol–water partition coefficient (Wildman–Crippen LogP) is 2.19. The molecule has 1 saturated heterocycles. The van der Waals surface area contributed by atoms with Gasteiger partial charge in [0.05, 0.1) is 11.1 Å². The Morgan fingerprint density at radius 3 is 2.85 bits per heavy atom. The summed E-state index contributed by atoms with van der Waals surface area (Å²) in [7, 11) is 4.20. The molecule has 0 saturated carbocycles. The second-order valence-corrected chi connectivity index (χ2v) is 5.56. The van der Waals surface area contributed by atoms with Gasteiger partial charge >= 0.3 is 0 Å². The number of aldehydes is 1. The third kappa shape index (κ3) is 2.27. The van der Waals surface area contributed by atoms with Gasteiger partial charge in [-0.25, -0.2) is 4.98 Å². The van der Waals surface area contributed by atoms with Crippen molar-refractivity contribution in [1.29, 1.82) is 0 Å². The first-order valence-electron chi connectivity index (χ1n) is 6.95. The summed E-state index contributed by atoms with van der Waals surface area (Å²) in [6.07, 6.45) is 2.03. The molecule has 1 unspecified atom stereocenters. The molecular formula is C16H19N3O. The smallest absolute Gasteiger partial charge is 0.153 e. The monoisotopic (exact) mass is 269 g/mol. The Morgan fingerprint density at radius 1 is 1.35 bits per heavy atom. The number of rotatable bonds is 3. The highest BCUT2D eigenvalue weighted by Crippen LogP contribution is 2.26. The van der Waals surface area contributed by atoms with E-state index in [9.17, 15) is 4.79 Å². The number of aromatic nitrogens is 1. The molecule has 20 heavy (non-hydrogen) atoms. The summed E-state index contributed by atoms with van der Waals surface area (Å²) < 4.78 is 0. The van der Waals surface area contributed by atoms with E-state index < -0.39 is 0 Å². The SMILES string of the molecule is CN(C)C1CCN(c2nc3ccccc3cc2C=O)C1. The van der Waals surface area contributed by atoms with Crippen LogP contribution in [0.3, 0.4) is 0 Å². The number of nitrogens with zero attached hydrogens (tertiary/aromatic N) is 3. The highest BCUT2D eigenvalue weighted by Gasteiger charge is 2.26. The van der Waals surface area contributed by atoms with Crippen molar-refractivity contribution >= 4 is 23.0 Å². The molecule has 0 bridgehead atoms. The molecule has 3 rings (SSSR count). The molecule has 2 aromatic rings. The summed E-state index contributed by atoms with van der Waals surface area (Å²) in [5.41, 5.74) is 1.63. The number of benzene rings is 1. The van der Waals surface area contributed by atoms with Crippen LogP contribution in [0.25, 0.3) is 10.9 Å². The Kier molecular flexibility index (Phi) is 3.40. The van der Waals surface area contributed by atoms with Crippen LogP contribution in [0.5, 0.6) is 0 Å². The molecule has 1 fully saturated rings. The average Bonchev–Trinajstić information content (AvgIpc) is 2.95. The fraction of sp³-hybridized carbons (Fsp3) is 0.375. The molecule has 1 atom stereocenters. The number of hydrogen-bond donors (Lipinski definition) is 0. The molecule has 104 valence electrons. The van der Waals surface area contributed by atoms with E-state index in [0.717, 1.165) is 42.5 Å². The standard InChI is InChI=1S/C16H19N3O/c1-18(2)14-7-8-19(10-14)16-13(11-20)9-12-5-3-4-6-15(12)17-16/h3-6,9,11,14H,7-8,10H2,1-2H3. The quantitative estimate of drug-likeness (QED) is 0.800. The fourth-order valence-electron chi connectivity index (χ4n) is 2.82. The summed E-state index contributed by atoms with van der Waals surface area (Å²) >= 11 is 0. The van der Waals surface area contributed by atoms with Gasteiger partial charge in [0.2, 0.25) is 0 Å². The second kappa shape index (κ2) is 5.21. The van der Waals surface area contributed by atoms with Gasteiger partial charge in [0, 0.05) is 24.5 Å². The van der Waals surface area contributed by atoms with Gasteiger partial charge in [-0.1, -0.05) is 18.2 Å². The van der Waals surface area contributed by atoms with Crippen molar-refractivity contribution < 1.29 is 4.79 Å². The first kappa shape index (κ1) is 13.1. The van der Waals surface area contributed by atoms with Gasteiger partial charge < -0.3 is 9.80 Å². The zero-order valence-corrected chi connectivity index (χ0v) is 11.9. The van der Waals surface area contributed by atoms with Crippen molar-refractivity contribution in [3.05, 3.63) is 35.9 Å². The van der Waals surface area contributed by atoms with E-state index in [0.29, 0.717) is 11.6 Å². The molecule has 0 aliphatic carbocycles. The predicted molar refractivity (Wildman–Crippen MR) is 81.4 cm³/mol. The van der Waals surface area contributed by atoms with E-state index >= 15 is 0 Å². The van der Waals surface area contributed by atoms with Gasteiger partial charge in [-0.3, -0.25) is 4.79 Å². The van der Waals surface area contributed by atoms with E-state index in [2.05, 4.69) is 23.9 Å². The lowest BCUT2D eigenvalue weighted by molar-refractivity contribution is 0.112. The van der Waals surface area contributed by atoms with Crippen LogP contribution in [0.15, 0.2) is 30.3 Å². The Bertz CT molecular complexity index is 639. The molecule has 0 amide bonds. The van der Waals surface area contributed by atoms with Gasteiger partial charge in [0.25, 0.3) is 0 Å². The Balaban J connectivity index is 2.00. The van der Waals surface area contributed by atoms with E-state index in [4.69, 9.17) is 4.98 Å². The maximum Gasteiger partial charge on any atom is 0.153 e. The Labute approximate surface area is 119 Å². The second-order valence-electron chi connectivity index (χ2n) is 5.56. The van der Waals surface area contributed by atoms with Gasteiger partial charge in [-0.05, 0) is 32.6 Å². The fourth-order valence-corrected chi connectivity index (χ4v) is 2.82. The van der Waals surface area contributed by atoms with Crippen LogP contribution in [0.4, 0.5) is 5.82 Å². The van der Waals surface area contributed by atoms with E-state index in [1.54, 1.807) is 0 Å². The van der Waals surface area contributed by atoms with Gasteiger partial charge in [0.15, 0.2) is 6.29 Å². The molecule has 1 aromatic heterocycles. The van der Waals surface area contributed by atoms with Crippen LogP contribution < -0.4 is 4.90 Å². The third-order valence-electron chi connectivity index (χ3n) is 4.05. The minimum atomic E-state index is 0.530. The summed E-state index contributed by atoms with van der Waals surface area (Å²) in [5, 5.41) is 1.02. The maximum absolute atomic E-state index is 11.4. The highest BCUT2D eigenvalue weighted by molar-refractivity contribution is 5.91. The maximum atomic E-state index is 11.4. The largest absolute Gasteiger partial charge is 0.354 e. The Morgan fingerprint density at radius 2 is 2.15 bits per heavy atom. The van der Waals surface area contributed by atoms with Gasteiger partial charge in [-0.15, -0.1) is 0 Å². The minimum Gasteiger partial charge on any atom is -0.354 e. The molecule has 0 N–H and O–H groups in total. The van der Waals surface area contributed by atoms with Crippen molar-refractivity contribution in [2.75, 3.05) is 32.1 Å². The minimum absolute atomic E-state index is 0.530. The van der Waals surface area contributed by atoms with Crippen molar-refractivity contribution in [3.8, 4) is 0 Å². The van der Waals surface area contributed by atoms with Crippen LogP contribution in [0.2, 0.25) is 0 Å². The summed E-state index contributed by atoms with van der Waals surface area (Å²) in [6.45, 7) is 1.88. The van der Waals surface area contributed by atoms with E-state index in [1.165, 1.54) is 0 Å². The third-order valence-corrected chi connectivity index (χ3v) is 4.05. The molecule has 0 spiro atoms. The van der Waals surface area contributed by atoms with Gasteiger partial charge in [0.1, 0.15) is 5.82 Å². The van der Waals surface area contributed by atoms with Crippen LogP contribution in [0, 0.1) is 0 Å². The highest BCUT2D eigenvalue weighted by atomic mass is 16.1. The van der Waals surface area contributed by atoms with Crippen molar-refractivity contribution in [1.82, 2.24) is 9.88 Å². The number of hydrogen-bond acceptors (Lipinski definition) is 4. The Hall–Kier alpha value is -1.94. The lowest BCUT2D eigenvalue weighted by atomic mass is 10.1. The van der Waals surface area contributed by atoms with Crippen molar-refractivity contribution in [3.63, 3.8) is 0 Å². The lowest BCUT2D eigenvalue weighted by Crippen LogP contribution is -2.32. The topological polar surface area (TPSA) is 36.4 Å². The molecule has 1 aliphatic rings. The van der Waals surface area contributed by atoms with E-state index in [1.807, 2.05) is 30.3 Å². The van der Waals surface area contributed by atoms with E-state index in [-0.39, 0.29) is 0 Å². The molecule has 1 aliphatic heterocycles. The number of fused-ring (bicyclic) bond motifs is 1. The zero-order valence-electron chi connectivity index (χ0n) is 11.9. The number of anilines is 1. The van der Waals surface area contributed by atoms with Gasteiger partial charge in [-0.2, -0.15) is 0 Å². The molecule has 1 aromatic carbocycles. The van der Waals surface area contributed by atoms with Crippen molar-refractivity contribution in [2.24, 2.45) is 0 Å². The van der Waals surface area contributed by atoms with Crippen molar-refractivity contribution in [2.45, 2.75) is 12.5 Å². The average molecular weight is 269 g/mol. The summed E-state index contributed by atoms with van der Waals surface area (Å²) in [4.78, 5) is 20.5. The molecule has 4 nitrogen and oxygen atoms in total. The number of carbonyl (C=O) groups is 1. The number of pyridine rings is 1. The van der Waals surface area contributed by atoms with Crippen LogP contribution in [0.1, 0.15) is 16.8 Å². The molecule has 4 heteroatoms. The lowest BCUT2D eigenvalue weighted by Gasteiger charge is -2.22. The number of para-hydroxylation sites is 1. The van der Waals surface area contributed by atoms with Crippen LogP contribution >= 0.6 is 0 Å². The van der Waals surface area contributed by atoms with Crippen LogP contribution in [-0.2, 0) is 0 Å². The summed E-state index contributed by atoms with van der Waals surface area (Å²) in [6, 6.07) is 10.4. The molecular weight excluding hydrogens is 250 g/mol. The first-order valence-corrected chi connectivity index (χ1v) is 6.95. The number of carbonyl (C=O) groups excluding carboxylic acids is 1. The summed E-state index contributed by atoms with van der Waals surface area (Å²) in [5.74, 6) is 0.822. The zero-order chi connectivity index (χ0) is 14.1. The molecule has 0 radical (unpaired) electrons.